The largest absolute Gasteiger partial charge is 0.346 e. The first-order valence-electron chi connectivity index (χ1n) is 5.74. The highest BCUT2D eigenvalue weighted by Gasteiger charge is 2.03. The summed E-state index contributed by atoms with van der Waals surface area (Å²) < 4.78 is 12.7. The van der Waals surface area contributed by atoms with Crippen molar-refractivity contribution < 1.29 is 4.39 Å². The van der Waals surface area contributed by atoms with Crippen molar-refractivity contribution in [3.63, 3.8) is 0 Å². The Morgan fingerprint density at radius 1 is 0.952 bits per heavy atom. The van der Waals surface area contributed by atoms with E-state index in [1.165, 1.54) is 12.4 Å². The number of rotatable bonds is 0. The monoisotopic (exact) mass is 324 g/mol. The van der Waals surface area contributed by atoms with Crippen LogP contribution in [0.25, 0.3) is 22.1 Å². The molecule has 0 atom stereocenters. The molecule has 0 amide bonds. The second-order valence-electron chi connectivity index (χ2n) is 3.96. The summed E-state index contributed by atoms with van der Waals surface area (Å²) in [5.74, 6) is -0.364. The van der Waals surface area contributed by atoms with Crippen molar-refractivity contribution in [2.45, 2.75) is 0 Å². The van der Waals surface area contributed by atoms with Crippen LogP contribution in [0.3, 0.4) is 0 Å². The molecule has 0 aliphatic rings. The number of nitrogens with zero attached hydrogens (tertiary/aromatic N) is 4. The van der Waals surface area contributed by atoms with E-state index in [0.717, 1.165) is 11.0 Å². The molecule has 0 radical (unpaired) electrons. The van der Waals surface area contributed by atoms with E-state index in [9.17, 15) is 4.39 Å². The molecule has 0 saturated carbocycles. The predicted molar refractivity (Wildman–Crippen MR) is 77.8 cm³/mol. The molecule has 0 aliphatic heterocycles. The topological polar surface area (TPSA) is 83.1 Å². The Morgan fingerprint density at radius 2 is 1.67 bits per heavy atom. The minimum absolute atomic E-state index is 0.111. The van der Waals surface area contributed by atoms with Crippen molar-refractivity contribution in [1.29, 1.82) is 0 Å². The summed E-state index contributed by atoms with van der Waals surface area (Å²) >= 11 is 11.0. The molecule has 6 nitrogen and oxygen atoms in total. The van der Waals surface area contributed by atoms with Crippen LogP contribution >= 0.6 is 23.2 Å². The molecule has 4 rings (SSSR count). The lowest BCUT2D eigenvalue weighted by molar-refractivity contribution is 0.639. The summed E-state index contributed by atoms with van der Waals surface area (Å²) in [6, 6.07) is 1.89. The van der Waals surface area contributed by atoms with Gasteiger partial charge in [0.05, 0.1) is 5.39 Å². The van der Waals surface area contributed by atoms with Crippen LogP contribution < -0.4 is 0 Å². The van der Waals surface area contributed by atoms with Gasteiger partial charge >= 0.3 is 0 Å². The quantitative estimate of drug-likeness (QED) is 0.486. The Kier molecular flexibility index (Phi) is 3.68. The number of H-pyrrole nitrogens is 2. The first kappa shape index (κ1) is 13.7. The van der Waals surface area contributed by atoms with Crippen LogP contribution in [0.4, 0.5) is 4.39 Å². The molecule has 0 bridgehead atoms. The van der Waals surface area contributed by atoms with Crippen molar-refractivity contribution >= 4 is 45.3 Å². The van der Waals surface area contributed by atoms with Crippen molar-refractivity contribution in [3.8, 4) is 0 Å². The van der Waals surface area contributed by atoms with Gasteiger partial charge in [0.25, 0.3) is 0 Å². The highest BCUT2D eigenvalue weighted by Crippen LogP contribution is 2.14. The lowest BCUT2D eigenvalue weighted by Gasteiger charge is -1.87. The molecule has 0 saturated heterocycles. The SMILES string of the molecule is Clc1ncc2cc[nH]c2n1.Fc1c[nH]c2nc(Cl)ncc12. The lowest BCUT2D eigenvalue weighted by Crippen LogP contribution is -1.81. The van der Waals surface area contributed by atoms with E-state index >= 15 is 0 Å². The van der Waals surface area contributed by atoms with Crippen LogP contribution in [0.5, 0.6) is 0 Å². The molecule has 0 fully saturated rings. The number of halogens is 3. The summed E-state index contributed by atoms with van der Waals surface area (Å²) in [4.78, 5) is 20.7. The number of aromatic amines is 2. The zero-order chi connectivity index (χ0) is 14.8. The molecule has 0 aliphatic carbocycles. The van der Waals surface area contributed by atoms with Crippen molar-refractivity contribution in [2.24, 2.45) is 0 Å². The summed E-state index contributed by atoms with van der Waals surface area (Å²) in [7, 11) is 0. The summed E-state index contributed by atoms with van der Waals surface area (Å²) in [5, 5.41) is 1.72. The minimum Gasteiger partial charge on any atom is -0.346 e. The first-order valence-corrected chi connectivity index (χ1v) is 6.50. The Morgan fingerprint density at radius 3 is 2.48 bits per heavy atom. The molecule has 0 unspecified atom stereocenters. The molecule has 21 heavy (non-hydrogen) atoms. The maximum atomic E-state index is 12.7. The van der Waals surface area contributed by atoms with Gasteiger partial charge in [0.2, 0.25) is 10.6 Å². The maximum absolute atomic E-state index is 12.7. The molecule has 0 spiro atoms. The van der Waals surface area contributed by atoms with Gasteiger partial charge in [-0.15, -0.1) is 0 Å². The van der Waals surface area contributed by atoms with Crippen LogP contribution in [-0.2, 0) is 0 Å². The van der Waals surface area contributed by atoms with Gasteiger partial charge in [-0.25, -0.2) is 14.4 Å². The van der Waals surface area contributed by atoms with E-state index in [1.54, 1.807) is 12.4 Å². The van der Waals surface area contributed by atoms with Gasteiger partial charge in [-0.3, -0.25) is 0 Å². The van der Waals surface area contributed by atoms with E-state index in [4.69, 9.17) is 23.2 Å². The van der Waals surface area contributed by atoms with E-state index in [0.29, 0.717) is 11.0 Å². The smallest absolute Gasteiger partial charge is 0.224 e. The Labute approximate surface area is 127 Å². The first-order chi connectivity index (χ1) is 10.1. The van der Waals surface area contributed by atoms with Gasteiger partial charge in [-0.05, 0) is 29.3 Å². The fourth-order valence-electron chi connectivity index (χ4n) is 1.67. The zero-order valence-electron chi connectivity index (χ0n) is 10.3. The Balaban J connectivity index is 0.000000126. The van der Waals surface area contributed by atoms with Crippen LogP contribution in [0, 0.1) is 5.82 Å². The summed E-state index contributed by atoms with van der Waals surface area (Å²) in [6.45, 7) is 0. The minimum atomic E-state index is -0.364. The third-order valence-electron chi connectivity index (χ3n) is 2.62. The normalized spacial score (nSPS) is 10.6. The number of aromatic nitrogens is 6. The van der Waals surface area contributed by atoms with E-state index in [-0.39, 0.29) is 16.4 Å². The number of hydrogen-bond acceptors (Lipinski definition) is 4. The Bertz CT molecular complexity index is 903. The molecule has 9 heteroatoms. The molecule has 4 aromatic heterocycles. The van der Waals surface area contributed by atoms with Crippen LogP contribution in [-0.4, -0.2) is 29.9 Å². The molecule has 0 aromatic carbocycles. The summed E-state index contributed by atoms with van der Waals surface area (Å²) in [5.41, 5.74) is 1.20. The zero-order valence-corrected chi connectivity index (χ0v) is 11.8. The van der Waals surface area contributed by atoms with Crippen LogP contribution in [0.2, 0.25) is 10.6 Å². The number of hydrogen-bond donors (Lipinski definition) is 2. The molecule has 106 valence electrons. The average Bonchev–Trinajstić information content (AvgIpc) is 3.06. The van der Waals surface area contributed by atoms with Gasteiger partial charge in [-0.1, -0.05) is 0 Å². The van der Waals surface area contributed by atoms with E-state index < -0.39 is 0 Å². The van der Waals surface area contributed by atoms with Gasteiger partial charge < -0.3 is 9.97 Å². The average molecular weight is 325 g/mol. The maximum Gasteiger partial charge on any atom is 0.224 e. The third-order valence-corrected chi connectivity index (χ3v) is 2.99. The van der Waals surface area contributed by atoms with Crippen molar-refractivity contribution in [2.75, 3.05) is 0 Å². The number of nitrogens with one attached hydrogen (secondary N) is 2. The fraction of sp³-hybridized carbons (Fsp3) is 0. The molecular formula is C12H7Cl2FN6. The number of fused-ring (bicyclic) bond motifs is 2. The van der Waals surface area contributed by atoms with E-state index in [2.05, 4.69) is 29.9 Å². The molecular weight excluding hydrogens is 318 g/mol. The third kappa shape index (κ3) is 2.93. The molecule has 4 heterocycles. The second kappa shape index (κ2) is 5.63. The van der Waals surface area contributed by atoms with Crippen LogP contribution in [0.15, 0.2) is 30.9 Å². The van der Waals surface area contributed by atoms with Crippen molar-refractivity contribution in [3.05, 3.63) is 47.2 Å². The predicted octanol–water partition coefficient (Wildman–Crippen LogP) is 3.36. The summed E-state index contributed by atoms with van der Waals surface area (Å²) in [6.07, 6.45) is 6.04. The second-order valence-corrected chi connectivity index (χ2v) is 4.63. The fourth-order valence-corrected chi connectivity index (χ4v) is 1.94. The Hall–Kier alpha value is -2.25. The van der Waals surface area contributed by atoms with Gasteiger partial charge in [0.15, 0.2) is 5.82 Å². The van der Waals surface area contributed by atoms with Crippen LogP contribution in [0.1, 0.15) is 0 Å². The van der Waals surface area contributed by atoms with E-state index in [1.807, 2.05) is 6.07 Å². The molecule has 2 N–H and O–H groups in total. The molecule has 4 aromatic rings. The van der Waals surface area contributed by atoms with Crippen molar-refractivity contribution in [1.82, 2.24) is 29.9 Å². The lowest BCUT2D eigenvalue weighted by atomic mass is 10.4. The standard InChI is InChI=1S/C6H3ClFN3.C6H4ClN3/c7-6-10-1-3-4(8)2-9-5(3)11-6;7-6-9-3-4-1-2-8-5(4)10-6/h1-2H,(H,9,10,11);1-3H,(H,8,9,10). The highest BCUT2D eigenvalue weighted by atomic mass is 35.5. The van der Waals surface area contributed by atoms with Gasteiger partial charge in [0.1, 0.15) is 11.3 Å². The van der Waals surface area contributed by atoms with Gasteiger partial charge in [0, 0.05) is 30.2 Å². The van der Waals surface area contributed by atoms with Gasteiger partial charge in [-0.2, -0.15) is 9.97 Å². The highest BCUT2D eigenvalue weighted by molar-refractivity contribution is 6.28.